The Morgan fingerprint density at radius 1 is 1.45 bits per heavy atom. The molecule has 1 aromatic carbocycles. The van der Waals surface area contributed by atoms with E-state index in [1.54, 1.807) is 0 Å². The maximum Gasteiger partial charge on any atom is 0.223 e. The molecule has 3 atom stereocenters. The number of ether oxygens (including phenoxy) is 1. The number of amides is 1. The zero-order valence-corrected chi connectivity index (χ0v) is 12.9. The van der Waals surface area contributed by atoms with Gasteiger partial charge in [-0.2, -0.15) is 0 Å². The Labute approximate surface area is 129 Å². The second-order valence-electron chi connectivity index (χ2n) is 5.77. The summed E-state index contributed by atoms with van der Waals surface area (Å²) in [6, 6.07) is 3.44. The lowest BCUT2D eigenvalue weighted by Crippen LogP contribution is -2.43. The maximum absolute atomic E-state index is 13.4. The lowest BCUT2D eigenvalue weighted by atomic mass is 9.92. The summed E-state index contributed by atoms with van der Waals surface area (Å²) in [7, 11) is 1.51. The smallest absolute Gasteiger partial charge is 0.223 e. The van der Waals surface area contributed by atoms with Crippen molar-refractivity contribution in [1.82, 2.24) is 10.6 Å². The first-order chi connectivity index (χ1) is 10.5. The first-order valence-electron chi connectivity index (χ1n) is 7.49. The number of methoxy groups -OCH3 is 1. The zero-order chi connectivity index (χ0) is 16.1. The first kappa shape index (κ1) is 16.8. The number of carbonyl (C=O) groups excluding carboxylic acids is 1. The van der Waals surface area contributed by atoms with Crippen LogP contribution in [-0.2, 0) is 9.53 Å². The summed E-state index contributed by atoms with van der Waals surface area (Å²) in [6.45, 7) is 3.05. The van der Waals surface area contributed by atoms with Crippen molar-refractivity contribution in [3.8, 4) is 0 Å². The third-order valence-electron chi connectivity index (χ3n) is 3.99. The maximum atomic E-state index is 13.4. The van der Waals surface area contributed by atoms with Crippen molar-refractivity contribution in [3.63, 3.8) is 0 Å². The number of rotatable bonds is 5. The molecule has 1 fully saturated rings. The van der Waals surface area contributed by atoms with Crippen LogP contribution in [0.4, 0.5) is 8.78 Å². The Morgan fingerprint density at radius 2 is 2.23 bits per heavy atom. The fraction of sp³-hybridized carbons (Fsp3) is 0.562. The highest BCUT2D eigenvalue weighted by molar-refractivity contribution is 5.79. The average molecular weight is 312 g/mol. The van der Waals surface area contributed by atoms with Crippen LogP contribution < -0.4 is 10.6 Å². The van der Waals surface area contributed by atoms with Crippen molar-refractivity contribution in [2.24, 2.45) is 5.92 Å². The highest BCUT2D eigenvalue weighted by Gasteiger charge is 2.27. The predicted molar refractivity (Wildman–Crippen MR) is 79.3 cm³/mol. The zero-order valence-electron chi connectivity index (χ0n) is 12.9. The number of hydrogen-bond acceptors (Lipinski definition) is 3. The van der Waals surface area contributed by atoms with E-state index in [4.69, 9.17) is 4.74 Å². The Hall–Kier alpha value is -1.53. The Bertz CT molecular complexity index is 525. The molecule has 4 nitrogen and oxygen atoms in total. The highest BCUT2D eigenvalue weighted by Crippen LogP contribution is 2.20. The summed E-state index contributed by atoms with van der Waals surface area (Å²) in [5, 5.41) is 6.19. The van der Waals surface area contributed by atoms with E-state index in [1.165, 1.54) is 13.2 Å². The molecule has 6 heteroatoms. The molecule has 1 aromatic rings. The van der Waals surface area contributed by atoms with Gasteiger partial charge in [-0.15, -0.1) is 0 Å². The van der Waals surface area contributed by atoms with Gasteiger partial charge in [0.05, 0.1) is 12.6 Å². The van der Waals surface area contributed by atoms with E-state index in [0.717, 1.165) is 31.5 Å². The topological polar surface area (TPSA) is 50.4 Å². The van der Waals surface area contributed by atoms with Gasteiger partial charge in [-0.1, -0.05) is 6.07 Å². The number of piperidine rings is 1. The van der Waals surface area contributed by atoms with Gasteiger partial charge in [-0.25, -0.2) is 8.78 Å². The van der Waals surface area contributed by atoms with Gasteiger partial charge in [-0.05, 0) is 44.0 Å². The van der Waals surface area contributed by atoms with Crippen LogP contribution in [0.5, 0.6) is 0 Å². The summed E-state index contributed by atoms with van der Waals surface area (Å²) in [4.78, 5) is 12.4. The van der Waals surface area contributed by atoms with Gasteiger partial charge >= 0.3 is 0 Å². The molecule has 0 aromatic heterocycles. The van der Waals surface area contributed by atoms with Crippen molar-refractivity contribution in [3.05, 3.63) is 35.4 Å². The third kappa shape index (κ3) is 4.24. The fourth-order valence-corrected chi connectivity index (χ4v) is 2.78. The Balaban J connectivity index is 2.07. The molecular weight excluding hydrogens is 290 g/mol. The molecule has 1 aliphatic rings. The van der Waals surface area contributed by atoms with E-state index < -0.39 is 17.7 Å². The number of benzene rings is 1. The molecule has 1 amide bonds. The van der Waals surface area contributed by atoms with Crippen molar-refractivity contribution in [1.29, 1.82) is 0 Å². The number of carbonyl (C=O) groups is 1. The van der Waals surface area contributed by atoms with Crippen LogP contribution in [0, 0.1) is 17.6 Å². The third-order valence-corrected chi connectivity index (χ3v) is 3.99. The van der Waals surface area contributed by atoms with Crippen LogP contribution >= 0.6 is 0 Å². The van der Waals surface area contributed by atoms with Crippen molar-refractivity contribution in [2.75, 3.05) is 20.3 Å². The predicted octanol–water partition coefficient (Wildman–Crippen LogP) is 2.16. The van der Waals surface area contributed by atoms with Crippen LogP contribution in [0.15, 0.2) is 18.2 Å². The minimum absolute atomic E-state index is 0.0686. The van der Waals surface area contributed by atoms with Gasteiger partial charge in [0, 0.05) is 19.1 Å². The second kappa shape index (κ2) is 7.65. The van der Waals surface area contributed by atoms with Crippen molar-refractivity contribution < 1.29 is 18.3 Å². The molecule has 1 saturated heterocycles. The van der Waals surface area contributed by atoms with Gasteiger partial charge in [-0.3, -0.25) is 4.79 Å². The van der Waals surface area contributed by atoms with Crippen LogP contribution in [0.1, 0.15) is 31.4 Å². The lowest BCUT2D eigenvalue weighted by Gasteiger charge is -2.29. The van der Waals surface area contributed by atoms with E-state index in [2.05, 4.69) is 10.6 Å². The van der Waals surface area contributed by atoms with Crippen LogP contribution in [0.3, 0.4) is 0 Å². The number of hydrogen-bond donors (Lipinski definition) is 2. The molecule has 122 valence electrons. The van der Waals surface area contributed by atoms with E-state index in [9.17, 15) is 13.6 Å². The monoisotopic (exact) mass is 312 g/mol. The fourth-order valence-electron chi connectivity index (χ4n) is 2.78. The molecule has 1 heterocycles. The van der Waals surface area contributed by atoms with Crippen LogP contribution in [0.25, 0.3) is 0 Å². The molecule has 22 heavy (non-hydrogen) atoms. The lowest BCUT2D eigenvalue weighted by molar-refractivity contribution is -0.127. The van der Waals surface area contributed by atoms with Gasteiger partial charge in [0.1, 0.15) is 0 Å². The van der Waals surface area contributed by atoms with Crippen molar-refractivity contribution >= 4 is 5.91 Å². The van der Waals surface area contributed by atoms with E-state index >= 15 is 0 Å². The highest BCUT2D eigenvalue weighted by atomic mass is 19.2. The molecule has 0 bridgehead atoms. The standard InChI is InChI=1S/C16H22F2N2O2/c1-10-7-12(5-6-19-10)16(21)20-15(9-22-2)11-3-4-13(17)14(18)8-11/h3-4,8,10,12,15,19H,5-7,9H2,1-2H3,(H,20,21)/t10-,12-,15?/m0/s1. The second-order valence-corrected chi connectivity index (χ2v) is 5.77. The first-order valence-corrected chi connectivity index (χ1v) is 7.49. The summed E-state index contributed by atoms with van der Waals surface area (Å²) >= 11 is 0. The molecule has 0 aliphatic carbocycles. The molecule has 2 rings (SSSR count). The minimum atomic E-state index is -0.927. The Morgan fingerprint density at radius 3 is 2.86 bits per heavy atom. The van der Waals surface area contributed by atoms with E-state index in [-0.39, 0.29) is 18.4 Å². The molecule has 0 saturated carbocycles. The summed E-state index contributed by atoms with van der Waals surface area (Å²) < 4.78 is 31.5. The summed E-state index contributed by atoms with van der Waals surface area (Å²) in [5.74, 6) is -1.97. The van der Waals surface area contributed by atoms with E-state index in [0.29, 0.717) is 11.6 Å². The number of halogens is 2. The van der Waals surface area contributed by atoms with Crippen LogP contribution in [0.2, 0.25) is 0 Å². The molecule has 1 aliphatic heterocycles. The van der Waals surface area contributed by atoms with Gasteiger partial charge in [0.2, 0.25) is 5.91 Å². The van der Waals surface area contributed by atoms with Gasteiger partial charge < -0.3 is 15.4 Å². The van der Waals surface area contributed by atoms with Gasteiger partial charge in [0.25, 0.3) is 0 Å². The summed E-state index contributed by atoms with van der Waals surface area (Å²) in [6.07, 6.45) is 1.54. The Kier molecular flexibility index (Phi) is 5.85. The quantitative estimate of drug-likeness (QED) is 0.876. The normalized spacial score (nSPS) is 23.1. The number of nitrogens with one attached hydrogen (secondary N) is 2. The molecule has 1 unspecified atom stereocenters. The molecule has 2 N–H and O–H groups in total. The average Bonchev–Trinajstić information content (AvgIpc) is 2.49. The van der Waals surface area contributed by atoms with Gasteiger partial charge in [0.15, 0.2) is 11.6 Å². The minimum Gasteiger partial charge on any atom is -0.382 e. The summed E-state index contributed by atoms with van der Waals surface area (Å²) in [5.41, 5.74) is 0.496. The SMILES string of the molecule is COCC(NC(=O)[C@H]1CCN[C@@H](C)C1)c1ccc(F)c(F)c1. The molecule has 0 spiro atoms. The molecule has 0 radical (unpaired) electrons. The van der Waals surface area contributed by atoms with Crippen molar-refractivity contribution in [2.45, 2.75) is 31.8 Å². The van der Waals surface area contributed by atoms with E-state index in [1.807, 2.05) is 6.92 Å². The largest absolute Gasteiger partial charge is 0.382 e. The molecular formula is C16H22F2N2O2. The van der Waals surface area contributed by atoms with Crippen LogP contribution in [-0.4, -0.2) is 32.2 Å².